The second kappa shape index (κ2) is 7.85. The molecular formula is C10H14N2O6. The van der Waals surface area contributed by atoms with E-state index in [4.69, 9.17) is 35.0 Å². The first-order valence-electron chi connectivity index (χ1n) is 4.70. The van der Waals surface area contributed by atoms with Gasteiger partial charge in [-0.1, -0.05) is 0 Å². The Kier molecular flexibility index (Phi) is 6.82. The van der Waals surface area contributed by atoms with Crippen molar-refractivity contribution in [3.05, 3.63) is 18.0 Å². The lowest BCUT2D eigenvalue weighted by Crippen LogP contribution is -2.09. The average Bonchev–Trinajstić information content (AvgIpc) is 2.37. The summed E-state index contributed by atoms with van der Waals surface area (Å²) in [7, 11) is 3.15. The molecule has 18 heavy (non-hydrogen) atoms. The van der Waals surface area contributed by atoms with E-state index in [1.165, 1.54) is 0 Å². The molecule has 1 heterocycles. The van der Waals surface area contributed by atoms with Crippen molar-refractivity contribution in [3.63, 3.8) is 0 Å². The molecule has 1 rings (SSSR count). The van der Waals surface area contributed by atoms with Crippen molar-refractivity contribution < 1.29 is 29.3 Å². The van der Waals surface area contributed by atoms with Crippen molar-refractivity contribution in [2.75, 3.05) is 14.2 Å². The number of methoxy groups -OCH3 is 2. The van der Waals surface area contributed by atoms with E-state index < -0.39 is 11.9 Å². The van der Waals surface area contributed by atoms with Crippen molar-refractivity contribution in [2.24, 2.45) is 5.73 Å². The minimum atomic E-state index is -1.82. The van der Waals surface area contributed by atoms with Crippen LogP contribution in [0.4, 0.5) is 0 Å². The summed E-state index contributed by atoms with van der Waals surface area (Å²) >= 11 is 0. The van der Waals surface area contributed by atoms with Crippen molar-refractivity contribution in [3.8, 4) is 11.5 Å². The highest BCUT2D eigenvalue weighted by molar-refractivity contribution is 6.27. The molecule has 0 fully saturated rings. The van der Waals surface area contributed by atoms with E-state index >= 15 is 0 Å². The first-order valence-corrected chi connectivity index (χ1v) is 4.70. The van der Waals surface area contributed by atoms with Gasteiger partial charge < -0.3 is 25.4 Å². The van der Waals surface area contributed by atoms with Gasteiger partial charge in [0.05, 0.1) is 19.9 Å². The normalized spacial score (nSPS) is 8.83. The van der Waals surface area contributed by atoms with E-state index in [2.05, 4.69) is 4.98 Å². The summed E-state index contributed by atoms with van der Waals surface area (Å²) in [5.41, 5.74) is 6.16. The summed E-state index contributed by atoms with van der Waals surface area (Å²) in [6, 6.07) is 1.73. The van der Waals surface area contributed by atoms with Gasteiger partial charge in [0.2, 0.25) is 0 Å². The number of ether oxygens (including phenoxy) is 2. The van der Waals surface area contributed by atoms with Crippen LogP contribution in [0, 0.1) is 0 Å². The average molecular weight is 258 g/mol. The van der Waals surface area contributed by atoms with Crippen LogP contribution < -0.4 is 15.2 Å². The highest BCUT2D eigenvalue weighted by Crippen LogP contribution is 2.28. The minimum absolute atomic E-state index is 0.348. The molecule has 0 radical (unpaired) electrons. The van der Waals surface area contributed by atoms with Gasteiger partial charge in [-0.15, -0.1) is 0 Å². The molecule has 0 bridgehead atoms. The number of hydrogen-bond donors (Lipinski definition) is 3. The zero-order valence-corrected chi connectivity index (χ0v) is 9.91. The Labute approximate surface area is 103 Å². The Morgan fingerprint density at radius 2 is 1.83 bits per heavy atom. The predicted molar refractivity (Wildman–Crippen MR) is 60.5 cm³/mol. The molecule has 0 aliphatic rings. The van der Waals surface area contributed by atoms with Crippen LogP contribution in [0.15, 0.2) is 12.3 Å². The first-order chi connectivity index (χ1) is 8.47. The molecular weight excluding hydrogens is 244 g/mol. The zero-order valence-electron chi connectivity index (χ0n) is 9.91. The molecule has 0 saturated heterocycles. The van der Waals surface area contributed by atoms with Crippen LogP contribution in [-0.4, -0.2) is 41.4 Å². The Morgan fingerprint density at radius 3 is 2.17 bits per heavy atom. The van der Waals surface area contributed by atoms with Crippen LogP contribution in [0.3, 0.4) is 0 Å². The largest absolute Gasteiger partial charge is 0.493 e. The lowest BCUT2D eigenvalue weighted by atomic mass is 10.3. The third-order valence-corrected chi connectivity index (χ3v) is 1.74. The van der Waals surface area contributed by atoms with Crippen LogP contribution in [-0.2, 0) is 16.1 Å². The molecule has 0 saturated carbocycles. The van der Waals surface area contributed by atoms with E-state index in [-0.39, 0.29) is 0 Å². The maximum absolute atomic E-state index is 9.10. The highest BCUT2D eigenvalue weighted by atomic mass is 16.5. The van der Waals surface area contributed by atoms with Gasteiger partial charge >= 0.3 is 11.9 Å². The van der Waals surface area contributed by atoms with Crippen LogP contribution in [0.2, 0.25) is 0 Å². The number of nitrogens with zero attached hydrogens (tertiary/aromatic N) is 1. The molecule has 8 nitrogen and oxygen atoms in total. The number of carboxylic acids is 2. The molecule has 0 aliphatic heterocycles. The van der Waals surface area contributed by atoms with Crippen LogP contribution in [0.5, 0.6) is 11.5 Å². The summed E-state index contributed by atoms with van der Waals surface area (Å²) in [6.07, 6.45) is 1.64. The lowest BCUT2D eigenvalue weighted by molar-refractivity contribution is -0.159. The smallest absolute Gasteiger partial charge is 0.414 e. The van der Waals surface area contributed by atoms with E-state index in [1.54, 1.807) is 26.5 Å². The van der Waals surface area contributed by atoms with Gasteiger partial charge in [-0.25, -0.2) is 9.59 Å². The Morgan fingerprint density at radius 1 is 1.28 bits per heavy atom. The summed E-state index contributed by atoms with van der Waals surface area (Å²) in [6.45, 7) is 0.348. The van der Waals surface area contributed by atoms with Crippen LogP contribution in [0.1, 0.15) is 5.69 Å². The number of rotatable bonds is 3. The molecule has 0 aliphatic carbocycles. The summed E-state index contributed by atoms with van der Waals surface area (Å²) in [5.74, 6) is -2.37. The van der Waals surface area contributed by atoms with Gasteiger partial charge in [-0.2, -0.15) is 0 Å². The Balaban J connectivity index is 0.000000411. The van der Waals surface area contributed by atoms with E-state index in [1.807, 2.05) is 0 Å². The lowest BCUT2D eigenvalue weighted by Gasteiger charge is -2.09. The van der Waals surface area contributed by atoms with Gasteiger partial charge in [-0.3, -0.25) is 4.98 Å². The third kappa shape index (κ3) is 4.66. The van der Waals surface area contributed by atoms with Gasteiger partial charge in [0.1, 0.15) is 0 Å². The minimum Gasteiger partial charge on any atom is -0.493 e. The number of hydrogen-bond acceptors (Lipinski definition) is 6. The molecule has 1 aromatic heterocycles. The van der Waals surface area contributed by atoms with Crippen molar-refractivity contribution >= 4 is 11.9 Å². The maximum Gasteiger partial charge on any atom is 0.414 e. The second-order valence-corrected chi connectivity index (χ2v) is 2.81. The topological polar surface area (TPSA) is 132 Å². The monoisotopic (exact) mass is 258 g/mol. The third-order valence-electron chi connectivity index (χ3n) is 1.74. The van der Waals surface area contributed by atoms with Crippen molar-refractivity contribution in [1.29, 1.82) is 0 Å². The molecule has 1 aromatic rings. The van der Waals surface area contributed by atoms with Crippen molar-refractivity contribution in [1.82, 2.24) is 4.98 Å². The molecule has 8 heteroatoms. The predicted octanol–water partition coefficient (Wildman–Crippen LogP) is -0.287. The fourth-order valence-corrected chi connectivity index (χ4v) is 0.996. The number of carboxylic acid groups (broad SMARTS) is 2. The van der Waals surface area contributed by atoms with Crippen molar-refractivity contribution in [2.45, 2.75) is 6.54 Å². The standard InChI is InChI=1S/C8H12N2O2.C2H2O4/c1-11-7-3-4-10-6(5-9)8(7)12-2;3-1(4)2(5)6/h3-4H,5,9H2,1-2H3;(H,3,4)(H,5,6). The summed E-state index contributed by atoms with van der Waals surface area (Å²) in [5, 5.41) is 14.8. The number of nitrogens with two attached hydrogens (primary N) is 1. The van der Waals surface area contributed by atoms with E-state index in [0.29, 0.717) is 23.7 Å². The zero-order chi connectivity index (χ0) is 14.1. The fraction of sp³-hybridized carbons (Fsp3) is 0.300. The molecule has 0 aromatic carbocycles. The highest BCUT2D eigenvalue weighted by Gasteiger charge is 2.08. The number of aromatic nitrogens is 1. The van der Waals surface area contributed by atoms with Gasteiger partial charge in [0.25, 0.3) is 0 Å². The maximum atomic E-state index is 9.10. The summed E-state index contributed by atoms with van der Waals surface area (Å²) < 4.78 is 10.1. The summed E-state index contributed by atoms with van der Waals surface area (Å²) in [4.78, 5) is 22.2. The van der Waals surface area contributed by atoms with E-state index in [0.717, 1.165) is 0 Å². The molecule has 0 spiro atoms. The number of carbonyl (C=O) groups is 2. The molecule has 100 valence electrons. The van der Waals surface area contributed by atoms with Crippen LogP contribution >= 0.6 is 0 Å². The Bertz CT molecular complexity index is 387. The molecule has 0 amide bonds. The molecule has 4 N–H and O–H groups in total. The SMILES string of the molecule is COc1ccnc(CN)c1OC.O=C(O)C(=O)O. The quantitative estimate of drug-likeness (QED) is 0.630. The first kappa shape index (κ1) is 15.6. The molecule has 0 atom stereocenters. The van der Waals surface area contributed by atoms with Gasteiger partial charge in [0.15, 0.2) is 11.5 Å². The number of aliphatic carboxylic acids is 2. The second-order valence-electron chi connectivity index (χ2n) is 2.81. The Hall–Kier alpha value is -2.35. The van der Waals surface area contributed by atoms with Crippen LogP contribution in [0.25, 0.3) is 0 Å². The van der Waals surface area contributed by atoms with E-state index in [9.17, 15) is 0 Å². The fourth-order valence-electron chi connectivity index (χ4n) is 0.996. The van der Waals surface area contributed by atoms with Gasteiger partial charge in [-0.05, 0) is 0 Å². The van der Waals surface area contributed by atoms with Gasteiger partial charge in [0, 0.05) is 18.8 Å². The molecule has 0 unspecified atom stereocenters. The number of pyridine rings is 1.